The summed E-state index contributed by atoms with van der Waals surface area (Å²) in [5.74, 6) is 0. The summed E-state index contributed by atoms with van der Waals surface area (Å²) in [4.78, 5) is 0. The maximum Gasteiger partial charge on any atom is 0.0576 e. The van der Waals surface area contributed by atoms with Crippen LogP contribution < -0.4 is 5.73 Å². The second kappa shape index (κ2) is 3.94. The first-order valence-corrected chi connectivity index (χ1v) is 4.16. The van der Waals surface area contributed by atoms with Gasteiger partial charge in [-0.25, -0.2) is 0 Å². The first kappa shape index (κ1) is 8.02. The lowest BCUT2D eigenvalue weighted by Gasteiger charge is -2.10. The summed E-state index contributed by atoms with van der Waals surface area (Å²) in [6, 6.07) is 0.337. The lowest BCUT2D eigenvalue weighted by atomic mass is 10.1. The molecule has 1 heterocycles. The largest absolute Gasteiger partial charge is 0.378 e. The van der Waals surface area contributed by atoms with Crippen LogP contribution in [0.5, 0.6) is 0 Å². The molecule has 0 bridgehead atoms. The van der Waals surface area contributed by atoms with Gasteiger partial charge in [0.1, 0.15) is 0 Å². The SMILES string of the molecule is C[C@H](N)CCC1CCCO1. The maximum absolute atomic E-state index is 5.61. The molecule has 0 aromatic rings. The fraction of sp³-hybridized carbons (Fsp3) is 1.00. The molecule has 2 atom stereocenters. The zero-order valence-electron chi connectivity index (χ0n) is 6.68. The summed E-state index contributed by atoms with van der Waals surface area (Å²) in [7, 11) is 0. The Morgan fingerprint density at radius 2 is 2.50 bits per heavy atom. The normalized spacial score (nSPS) is 28.8. The van der Waals surface area contributed by atoms with E-state index >= 15 is 0 Å². The third-order valence-corrected chi connectivity index (χ3v) is 1.97. The van der Waals surface area contributed by atoms with Crippen molar-refractivity contribution in [2.24, 2.45) is 5.73 Å². The van der Waals surface area contributed by atoms with Crippen LogP contribution in [0.3, 0.4) is 0 Å². The number of hydrogen-bond acceptors (Lipinski definition) is 2. The summed E-state index contributed by atoms with van der Waals surface area (Å²) in [5.41, 5.74) is 5.61. The first-order chi connectivity index (χ1) is 4.79. The second-order valence-corrected chi connectivity index (χ2v) is 3.19. The molecule has 2 nitrogen and oxygen atoms in total. The molecule has 0 radical (unpaired) electrons. The zero-order chi connectivity index (χ0) is 7.40. The van der Waals surface area contributed by atoms with Crippen molar-refractivity contribution in [3.8, 4) is 0 Å². The number of rotatable bonds is 3. The van der Waals surface area contributed by atoms with Crippen molar-refractivity contribution in [2.75, 3.05) is 6.61 Å². The van der Waals surface area contributed by atoms with Gasteiger partial charge in [0.15, 0.2) is 0 Å². The Balaban J connectivity index is 2.01. The highest BCUT2D eigenvalue weighted by atomic mass is 16.5. The number of hydrogen-bond donors (Lipinski definition) is 1. The molecule has 1 saturated heterocycles. The fourth-order valence-corrected chi connectivity index (χ4v) is 1.32. The lowest BCUT2D eigenvalue weighted by molar-refractivity contribution is 0.101. The molecule has 0 aliphatic carbocycles. The maximum atomic E-state index is 5.61. The predicted octanol–water partition coefficient (Wildman–Crippen LogP) is 1.29. The molecule has 2 N–H and O–H groups in total. The van der Waals surface area contributed by atoms with Crippen molar-refractivity contribution >= 4 is 0 Å². The highest BCUT2D eigenvalue weighted by molar-refractivity contribution is 4.66. The van der Waals surface area contributed by atoms with Gasteiger partial charge in [-0.15, -0.1) is 0 Å². The van der Waals surface area contributed by atoms with Crippen LogP contribution in [0.25, 0.3) is 0 Å². The summed E-state index contributed by atoms with van der Waals surface area (Å²) in [6.07, 6.45) is 5.25. The molecule has 1 fully saturated rings. The van der Waals surface area contributed by atoms with Crippen molar-refractivity contribution in [2.45, 2.75) is 44.8 Å². The average molecular weight is 143 g/mol. The van der Waals surface area contributed by atoms with Crippen LogP contribution in [0.4, 0.5) is 0 Å². The fourth-order valence-electron chi connectivity index (χ4n) is 1.32. The Kier molecular flexibility index (Phi) is 3.16. The van der Waals surface area contributed by atoms with Crippen LogP contribution in [0.1, 0.15) is 32.6 Å². The summed E-state index contributed by atoms with van der Waals surface area (Å²) >= 11 is 0. The average Bonchev–Trinajstić information content (AvgIpc) is 2.34. The van der Waals surface area contributed by atoms with Crippen molar-refractivity contribution in [1.29, 1.82) is 0 Å². The van der Waals surface area contributed by atoms with E-state index in [1.807, 2.05) is 0 Å². The van der Waals surface area contributed by atoms with Gasteiger partial charge < -0.3 is 10.5 Å². The van der Waals surface area contributed by atoms with E-state index in [1.165, 1.54) is 12.8 Å². The highest BCUT2D eigenvalue weighted by Crippen LogP contribution is 2.16. The Morgan fingerprint density at radius 3 is 3.00 bits per heavy atom. The molecular formula is C8H17NO. The van der Waals surface area contributed by atoms with Crippen LogP contribution >= 0.6 is 0 Å². The van der Waals surface area contributed by atoms with E-state index < -0.39 is 0 Å². The molecule has 0 aromatic carbocycles. The van der Waals surface area contributed by atoms with Gasteiger partial charge >= 0.3 is 0 Å². The minimum absolute atomic E-state index is 0.337. The van der Waals surface area contributed by atoms with Gasteiger partial charge in [-0.05, 0) is 32.6 Å². The Labute approximate surface area is 62.7 Å². The standard InChI is InChI=1S/C8H17NO/c1-7(9)4-5-8-3-2-6-10-8/h7-8H,2-6,9H2,1H3/t7-,8?/m0/s1. The van der Waals surface area contributed by atoms with Gasteiger partial charge in [0.2, 0.25) is 0 Å². The number of ether oxygens (including phenoxy) is 1. The molecule has 2 heteroatoms. The first-order valence-electron chi connectivity index (χ1n) is 4.16. The highest BCUT2D eigenvalue weighted by Gasteiger charge is 2.14. The van der Waals surface area contributed by atoms with Crippen molar-refractivity contribution < 1.29 is 4.74 Å². The molecule has 60 valence electrons. The van der Waals surface area contributed by atoms with Crippen LogP contribution in [0, 0.1) is 0 Å². The molecule has 1 unspecified atom stereocenters. The zero-order valence-corrected chi connectivity index (χ0v) is 6.68. The topological polar surface area (TPSA) is 35.2 Å². The third kappa shape index (κ3) is 2.67. The van der Waals surface area contributed by atoms with E-state index in [-0.39, 0.29) is 0 Å². The van der Waals surface area contributed by atoms with Gasteiger partial charge in [-0.3, -0.25) is 0 Å². The Hall–Kier alpha value is -0.0800. The van der Waals surface area contributed by atoms with Crippen LogP contribution in [-0.4, -0.2) is 18.8 Å². The van der Waals surface area contributed by atoms with Crippen molar-refractivity contribution in [3.63, 3.8) is 0 Å². The summed E-state index contributed by atoms with van der Waals surface area (Å²) < 4.78 is 5.45. The molecule has 10 heavy (non-hydrogen) atoms. The van der Waals surface area contributed by atoms with Gasteiger partial charge in [-0.2, -0.15) is 0 Å². The predicted molar refractivity (Wildman–Crippen MR) is 41.9 cm³/mol. The number of nitrogens with two attached hydrogens (primary N) is 1. The lowest BCUT2D eigenvalue weighted by Crippen LogP contribution is -2.17. The summed E-state index contributed by atoms with van der Waals surface area (Å²) in [5, 5.41) is 0. The minimum atomic E-state index is 0.337. The molecule has 0 spiro atoms. The minimum Gasteiger partial charge on any atom is -0.378 e. The van der Waals surface area contributed by atoms with E-state index in [0.717, 1.165) is 19.4 Å². The van der Waals surface area contributed by atoms with Crippen LogP contribution in [0.2, 0.25) is 0 Å². The quantitative estimate of drug-likeness (QED) is 0.646. The Morgan fingerprint density at radius 1 is 1.70 bits per heavy atom. The third-order valence-electron chi connectivity index (χ3n) is 1.97. The molecular weight excluding hydrogens is 126 g/mol. The van der Waals surface area contributed by atoms with E-state index in [9.17, 15) is 0 Å². The van der Waals surface area contributed by atoms with Gasteiger partial charge in [0.25, 0.3) is 0 Å². The van der Waals surface area contributed by atoms with E-state index in [0.29, 0.717) is 12.1 Å². The monoisotopic (exact) mass is 143 g/mol. The molecule has 0 aromatic heterocycles. The summed E-state index contributed by atoms with van der Waals surface area (Å²) in [6.45, 7) is 3.01. The molecule has 1 rings (SSSR count). The van der Waals surface area contributed by atoms with Gasteiger partial charge in [0.05, 0.1) is 6.10 Å². The van der Waals surface area contributed by atoms with Gasteiger partial charge in [0, 0.05) is 12.6 Å². The van der Waals surface area contributed by atoms with Crippen LogP contribution in [0.15, 0.2) is 0 Å². The second-order valence-electron chi connectivity index (χ2n) is 3.19. The van der Waals surface area contributed by atoms with Crippen LogP contribution in [-0.2, 0) is 4.74 Å². The molecule has 1 aliphatic rings. The molecule has 0 saturated carbocycles. The smallest absolute Gasteiger partial charge is 0.0576 e. The molecule has 0 amide bonds. The van der Waals surface area contributed by atoms with Crippen molar-refractivity contribution in [1.82, 2.24) is 0 Å². The van der Waals surface area contributed by atoms with Gasteiger partial charge in [-0.1, -0.05) is 0 Å². The van der Waals surface area contributed by atoms with Crippen molar-refractivity contribution in [3.05, 3.63) is 0 Å². The van der Waals surface area contributed by atoms with E-state index in [1.54, 1.807) is 0 Å². The Bertz CT molecular complexity index is 87.3. The van der Waals surface area contributed by atoms with E-state index in [4.69, 9.17) is 10.5 Å². The van der Waals surface area contributed by atoms with E-state index in [2.05, 4.69) is 6.92 Å². The molecule has 1 aliphatic heterocycles.